The van der Waals surface area contributed by atoms with Crippen LogP contribution in [0.5, 0.6) is 0 Å². The van der Waals surface area contributed by atoms with E-state index in [0.717, 1.165) is 6.54 Å². The fourth-order valence-corrected chi connectivity index (χ4v) is 2.48. The molecular weight excluding hydrogens is 178 g/mol. The zero-order valence-electron chi connectivity index (χ0n) is 8.71. The van der Waals surface area contributed by atoms with Gasteiger partial charge in [0.1, 0.15) is 6.61 Å². The molecule has 0 bridgehead atoms. The maximum absolute atomic E-state index is 11.4. The highest BCUT2D eigenvalue weighted by molar-refractivity contribution is 5.69. The molecule has 1 aliphatic carbocycles. The van der Waals surface area contributed by atoms with Gasteiger partial charge in [-0.15, -0.1) is 0 Å². The minimum absolute atomic E-state index is 0.0874. The Morgan fingerprint density at radius 2 is 1.71 bits per heavy atom. The molecule has 0 atom stereocenters. The number of rotatable bonds is 1. The average molecular weight is 197 g/mol. The molecule has 2 rings (SSSR count). The molecule has 1 aliphatic heterocycles. The topological polar surface area (TPSA) is 29.5 Å². The summed E-state index contributed by atoms with van der Waals surface area (Å²) in [5, 5.41) is 0. The summed E-state index contributed by atoms with van der Waals surface area (Å²) in [6.45, 7) is 1.40. The van der Waals surface area contributed by atoms with Gasteiger partial charge in [-0.1, -0.05) is 32.1 Å². The standard InChI is InChI=1S/C11H19NO2/c13-11-12(8-9-14-11)10-6-4-2-1-3-5-7-10/h10H,1-9H2. The molecule has 0 radical (unpaired) electrons. The van der Waals surface area contributed by atoms with E-state index >= 15 is 0 Å². The van der Waals surface area contributed by atoms with E-state index in [0.29, 0.717) is 12.6 Å². The Labute approximate surface area is 85.4 Å². The summed E-state index contributed by atoms with van der Waals surface area (Å²) in [7, 11) is 0. The van der Waals surface area contributed by atoms with E-state index in [1.807, 2.05) is 4.90 Å². The Hall–Kier alpha value is -0.730. The van der Waals surface area contributed by atoms with Crippen molar-refractivity contribution in [3.63, 3.8) is 0 Å². The molecule has 0 N–H and O–H groups in total. The first-order valence-corrected chi connectivity index (χ1v) is 5.81. The van der Waals surface area contributed by atoms with Crippen LogP contribution < -0.4 is 0 Å². The molecule has 14 heavy (non-hydrogen) atoms. The first kappa shape index (κ1) is 9.81. The van der Waals surface area contributed by atoms with Gasteiger partial charge >= 0.3 is 6.09 Å². The third-order valence-corrected chi connectivity index (χ3v) is 3.31. The molecule has 0 aromatic rings. The van der Waals surface area contributed by atoms with Crippen LogP contribution in [0.25, 0.3) is 0 Å². The van der Waals surface area contributed by atoms with Gasteiger partial charge in [-0.05, 0) is 12.8 Å². The van der Waals surface area contributed by atoms with Crippen LogP contribution >= 0.6 is 0 Å². The van der Waals surface area contributed by atoms with Crippen molar-refractivity contribution in [2.75, 3.05) is 13.2 Å². The summed E-state index contributed by atoms with van der Waals surface area (Å²) >= 11 is 0. The van der Waals surface area contributed by atoms with Gasteiger partial charge in [0.15, 0.2) is 0 Å². The predicted octanol–water partition coefficient (Wildman–Crippen LogP) is 2.55. The summed E-state index contributed by atoms with van der Waals surface area (Å²) in [5.41, 5.74) is 0. The summed E-state index contributed by atoms with van der Waals surface area (Å²) in [6, 6.07) is 0.463. The number of amides is 1. The van der Waals surface area contributed by atoms with Gasteiger partial charge < -0.3 is 9.64 Å². The van der Waals surface area contributed by atoms with E-state index < -0.39 is 0 Å². The Morgan fingerprint density at radius 3 is 2.29 bits per heavy atom. The molecule has 1 amide bonds. The fourth-order valence-electron chi connectivity index (χ4n) is 2.48. The van der Waals surface area contributed by atoms with Crippen molar-refractivity contribution in [2.45, 2.75) is 51.0 Å². The molecule has 0 spiro atoms. The van der Waals surface area contributed by atoms with Crippen LogP contribution in [0.2, 0.25) is 0 Å². The summed E-state index contributed by atoms with van der Waals surface area (Å²) in [4.78, 5) is 13.3. The molecule has 2 aliphatic rings. The normalized spacial score (nSPS) is 25.7. The van der Waals surface area contributed by atoms with Gasteiger partial charge in [0.05, 0.1) is 6.54 Å². The van der Waals surface area contributed by atoms with Crippen LogP contribution in [-0.4, -0.2) is 30.2 Å². The molecule has 1 saturated heterocycles. The van der Waals surface area contributed by atoms with Crippen molar-refractivity contribution in [1.82, 2.24) is 4.90 Å². The monoisotopic (exact) mass is 197 g/mol. The van der Waals surface area contributed by atoms with E-state index in [2.05, 4.69) is 0 Å². The highest BCUT2D eigenvalue weighted by atomic mass is 16.6. The average Bonchev–Trinajstić information content (AvgIpc) is 2.51. The quantitative estimate of drug-likeness (QED) is 0.646. The SMILES string of the molecule is O=C1OCCN1C1CCCCCCC1. The molecule has 3 nitrogen and oxygen atoms in total. The third-order valence-electron chi connectivity index (χ3n) is 3.31. The van der Waals surface area contributed by atoms with Crippen molar-refractivity contribution in [3.8, 4) is 0 Å². The van der Waals surface area contributed by atoms with Gasteiger partial charge in [0, 0.05) is 6.04 Å². The maximum Gasteiger partial charge on any atom is 0.410 e. The third kappa shape index (κ3) is 2.20. The number of ether oxygens (including phenoxy) is 1. The molecule has 1 heterocycles. The second-order valence-corrected chi connectivity index (χ2v) is 4.31. The summed E-state index contributed by atoms with van der Waals surface area (Å²) in [5.74, 6) is 0. The van der Waals surface area contributed by atoms with Crippen LogP contribution in [0.15, 0.2) is 0 Å². The Balaban J connectivity index is 1.90. The molecule has 0 aromatic carbocycles. The van der Waals surface area contributed by atoms with Crippen LogP contribution in [-0.2, 0) is 4.74 Å². The van der Waals surface area contributed by atoms with E-state index in [-0.39, 0.29) is 6.09 Å². The number of carbonyl (C=O) groups is 1. The minimum Gasteiger partial charge on any atom is -0.448 e. The van der Waals surface area contributed by atoms with Crippen molar-refractivity contribution in [2.24, 2.45) is 0 Å². The van der Waals surface area contributed by atoms with Gasteiger partial charge in [0.2, 0.25) is 0 Å². The van der Waals surface area contributed by atoms with E-state index in [9.17, 15) is 4.79 Å². The number of hydrogen-bond donors (Lipinski definition) is 0. The van der Waals surface area contributed by atoms with Crippen molar-refractivity contribution in [1.29, 1.82) is 0 Å². The van der Waals surface area contributed by atoms with E-state index in [1.165, 1.54) is 44.9 Å². The molecule has 80 valence electrons. The second kappa shape index (κ2) is 4.67. The lowest BCUT2D eigenvalue weighted by molar-refractivity contribution is 0.141. The molecule has 0 unspecified atom stereocenters. The highest BCUT2D eigenvalue weighted by Crippen LogP contribution is 2.23. The van der Waals surface area contributed by atoms with Crippen molar-refractivity contribution < 1.29 is 9.53 Å². The lowest BCUT2D eigenvalue weighted by Crippen LogP contribution is -2.36. The number of carbonyl (C=O) groups excluding carboxylic acids is 1. The Bertz CT molecular complexity index is 197. The van der Waals surface area contributed by atoms with Crippen LogP contribution in [0, 0.1) is 0 Å². The molecule has 0 aromatic heterocycles. The minimum atomic E-state index is -0.0874. The van der Waals surface area contributed by atoms with Gasteiger partial charge in [0.25, 0.3) is 0 Å². The highest BCUT2D eigenvalue weighted by Gasteiger charge is 2.29. The van der Waals surface area contributed by atoms with Gasteiger partial charge in [-0.2, -0.15) is 0 Å². The fraction of sp³-hybridized carbons (Fsp3) is 0.909. The number of nitrogens with zero attached hydrogens (tertiary/aromatic N) is 1. The molecular formula is C11H19NO2. The van der Waals surface area contributed by atoms with Gasteiger partial charge in [-0.25, -0.2) is 4.79 Å². The smallest absolute Gasteiger partial charge is 0.410 e. The van der Waals surface area contributed by atoms with E-state index in [4.69, 9.17) is 4.74 Å². The van der Waals surface area contributed by atoms with Crippen molar-refractivity contribution >= 4 is 6.09 Å². The molecule has 1 saturated carbocycles. The van der Waals surface area contributed by atoms with Crippen LogP contribution in [0.4, 0.5) is 4.79 Å². The Morgan fingerprint density at radius 1 is 1.07 bits per heavy atom. The maximum atomic E-state index is 11.4. The largest absolute Gasteiger partial charge is 0.448 e. The second-order valence-electron chi connectivity index (χ2n) is 4.31. The van der Waals surface area contributed by atoms with Crippen molar-refractivity contribution in [3.05, 3.63) is 0 Å². The van der Waals surface area contributed by atoms with Crippen LogP contribution in [0.3, 0.4) is 0 Å². The number of hydrogen-bond acceptors (Lipinski definition) is 2. The van der Waals surface area contributed by atoms with E-state index in [1.54, 1.807) is 0 Å². The summed E-state index contributed by atoms with van der Waals surface area (Å²) in [6.07, 6.45) is 8.85. The van der Waals surface area contributed by atoms with Gasteiger partial charge in [-0.3, -0.25) is 0 Å². The zero-order valence-corrected chi connectivity index (χ0v) is 8.71. The lowest BCUT2D eigenvalue weighted by atomic mass is 9.96. The first-order valence-electron chi connectivity index (χ1n) is 5.81. The molecule has 2 fully saturated rings. The lowest BCUT2D eigenvalue weighted by Gasteiger charge is -2.27. The van der Waals surface area contributed by atoms with Crippen LogP contribution in [0.1, 0.15) is 44.9 Å². The summed E-state index contributed by atoms with van der Waals surface area (Å²) < 4.78 is 4.98. The zero-order chi connectivity index (χ0) is 9.80. The predicted molar refractivity (Wildman–Crippen MR) is 54.2 cm³/mol. The molecule has 3 heteroatoms. The number of cyclic esters (lactones) is 1. The first-order chi connectivity index (χ1) is 6.88. The Kier molecular flexibility index (Phi) is 3.27.